The SMILES string of the molecule is CCN(CC)c1nc(Cl)nc(NCCNc2ccnc3cc(Cl)ccc23)n1.CCN(CC)c1nc(Cl)nc(NCCNc2ccnc3cc(Cl)ccc23)n1.Cc1ccc2c(NCCNc3nc(Cl)nc(NCCNc4ccnc5cc(Cl)ccc45)n3)ccnc2c1.Clc1ccc2c(NCCCCNc3nc(Cl)nc(N4CCCCC4)n3)ccnc2c1.Clc1ccc2c(NCCNc3nc(Cl)nc(Cc4ccccc4)n3)ccnc2c1. The van der Waals surface area contributed by atoms with Crippen molar-refractivity contribution < 1.29 is 0 Å². The van der Waals surface area contributed by atoms with Gasteiger partial charge >= 0.3 is 0 Å². The van der Waals surface area contributed by atoms with Crippen LogP contribution in [-0.2, 0) is 6.42 Å². The normalized spacial score (nSPS) is 11.5. The Balaban J connectivity index is 0.000000141. The standard InChI is InChI=1S/C26H25Cl2N9.C21H25Cl2N7.C21H18Cl2N6.2C18H21Cl2N7/c1-16-2-4-18-20(6-8-29-22(18)14-16)31-10-12-33-25-35-24(28)36-26(37-25)34-13-11-32-21-7-9-30-23-15-17(27)3-5-19(21)23;22-15-6-7-16-17(8-11-25-18(16)14-15)24-9-2-3-10-26-20-27-19(23)28-21(29-20)30-12-4-1-5-13-30;22-15-6-7-16-17(8-9-24-18(16)13-15)25-10-11-26-21-28-19(27-20(23)29-21)12-14-4-2-1-3-5-14;2*1-3-27(4-2)18-25-16(20)24-17(26-18)23-10-9-22-14-7-8-21-15-11-12(19)5-6-13(14)15/h2-9,14-15H,10-13H2,1H3,(H,29,31)(H,30,32)(H2,33,34,35,36,37);6-8,11,14H,1-5,9-10,12-13H2,(H,24,25)(H,26,27,28,29);1-9,13H,10-12H2,(H,24,25)(H,26,27,28,29);2*5-8,11H,3-4,9-10H2,1-2H3,(H,21,22)(H,23,24,25,26). The summed E-state index contributed by atoms with van der Waals surface area (Å²) in [6.45, 7) is 23.4. The molecule has 12 heterocycles. The fourth-order valence-electron chi connectivity index (χ4n) is 15.9. The fraction of sp³-hybridized carbons (Fsp3) is 0.279. The number of nitrogens with zero attached hydrogens (tertiary/aromatic N) is 24. The first-order valence-corrected chi connectivity index (χ1v) is 52.7. The first kappa shape index (κ1) is 110. The van der Waals surface area contributed by atoms with Gasteiger partial charge in [0.1, 0.15) is 5.82 Å². The lowest BCUT2D eigenvalue weighted by molar-refractivity contribution is 0.567. The smallest absolute Gasteiger partial charge is 0.231 e. The Morgan fingerprint density at radius 3 is 0.893 bits per heavy atom. The summed E-state index contributed by atoms with van der Waals surface area (Å²) in [5.74, 6) is 5.19. The maximum atomic E-state index is 6.13. The van der Waals surface area contributed by atoms with E-state index >= 15 is 0 Å². The van der Waals surface area contributed by atoms with Crippen molar-refractivity contribution in [2.24, 2.45) is 0 Å². The Bertz CT molecular complexity index is 7240. The van der Waals surface area contributed by atoms with Crippen LogP contribution in [0, 0.1) is 6.92 Å². The van der Waals surface area contributed by atoms with Gasteiger partial charge < -0.3 is 78.5 Å². The second kappa shape index (κ2) is 56.5. The molecule has 0 bridgehead atoms. The van der Waals surface area contributed by atoms with Gasteiger partial charge in [0.15, 0.2) is 0 Å². The number of unbranched alkanes of at least 4 members (excludes halogenated alkanes) is 1. The van der Waals surface area contributed by atoms with Crippen molar-refractivity contribution in [2.75, 3.05) is 196 Å². The van der Waals surface area contributed by atoms with E-state index in [2.05, 4.69) is 198 Å². The molecule has 776 valence electrons. The van der Waals surface area contributed by atoms with Gasteiger partial charge in [0.2, 0.25) is 80.0 Å². The van der Waals surface area contributed by atoms with Crippen LogP contribution in [-0.4, -0.2) is 222 Å². The van der Waals surface area contributed by atoms with Crippen LogP contribution in [0.3, 0.4) is 0 Å². The van der Waals surface area contributed by atoms with Crippen LogP contribution in [0.1, 0.15) is 76.8 Å². The molecule has 0 atom stereocenters. The van der Waals surface area contributed by atoms with Crippen LogP contribution in [0.2, 0.25) is 51.5 Å². The summed E-state index contributed by atoms with van der Waals surface area (Å²) in [6.07, 6.45) is 16.8. The summed E-state index contributed by atoms with van der Waals surface area (Å²) in [5, 5.41) is 50.2. The van der Waals surface area contributed by atoms with E-state index in [0.717, 1.165) is 170 Å². The van der Waals surface area contributed by atoms with Gasteiger partial charge in [0.05, 0.1) is 33.1 Å². The molecule has 0 unspecified atom stereocenters. The Hall–Kier alpha value is -14.1. The second-order valence-electron chi connectivity index (χ2n) is 33.6. The van der Waals surface area contributed by atoms with E-state index in [9.17, 15) is 0 Å². The minimum atomic E-state index is 0.119. The van der Waals surface area contributed by atoms with Crippen molar-refractivity contribution in [3.8, 4) is 0 Å². The van der Waals surface area contributed by atoms with E-state index in [1.165, 1.54) is 24.8 Å². The molecule has 1 saturated heterocycles. The van der Waals surface area contributed by atoms with Gasteiger partial charge in [0, 0.05) is 253 Å². The van der Waals surface area contributed by atoms with E-state index in [1.807, 2.05) is 201 Å². The summed E-state index contributed by atoms with van der Waals surface area (Å²) < 4.78 is 0. The zero-order valence-electron chi connectivity index (χ0n) is 82.7. The predicted molar refractivity (Wildman–Crippen MR) is 618 cm³/mol. The number of pyridine rings is 6. The summed E-state index contributed by atoms with van der Waals surface area (Å²) in [5.41, 5.74) is 13.6. The Morgan fingerprint density at radius 1 is 0.260 bits per heavy atom. The zero-order valence-corrected chi connectivity index (χ0v) is 90.2. The van der Waals surface area contributed by atoms with Crippen molar-refractivity contribution in [2.45, 2.75) is 73.1 Å². The third kappa shape index (κ3) is 33.0. The highest BCUT2D eigenvalue weighted by molar-refractivity contribution is 6.33. The van der Waals surface area contributed by atoms with Crippen LogP contribution in [0.5, 0.6) is 0 Å². The third-order valence-electron chi connectivity index (χ3n) is 23.2. The molecule has 0 radical (unpaired) electrons. The topological polar surface area (TPSA) is 425 Å². The van der Waals surface area contributed by atoms with Gasteiger partial charge in [-0.15, -0.1) is 0 Å². The van der Waals surface area contributed by atoms with Crippen molar-refractivity contribution in [1.82, 2.24) is 105 Å². The van der Waals surface area contributed by atoms with E-state index in [0.29, 0.717) is 156 Å². The van der Waals surface area contributed by atoms with E-state index in [1.54, 1.807) is 31.0 Å². The highest BCUT2D eigenvalue weighted by Crippen LogP contribution is 2.33. The van der Waals surface area contributed by atoms with E-state index in [4.69, 9.17) is 116 Å². The minimum absolute atomic E-state index is 0.119. The van der Waals surface area contributed by atoms with Crippen LogP contribution < -0.4 is 78.5 Å². The number of nitrogens with one attached hydrogen (secondary N) is 12. The number of aryl methyl sites for hydroxylation is 1. The molecule has 7 aromatic carbocycles. The van der Waals surface area contributed by atoms with Crippen LogP contribution in [0.15, 0.2) is 213 Å². The summed E-state index contributed by atoms with van der Waals surface area (Å²) in [4.78, 5) is 96.6. The van der Waals surface area contributed by atoms with Gasteiger partial charge in [-0.25, -0.2) is 4.98 Å². The summed E-state index contributed by atoms with van der Waals surface area (Å²) >= 11 is 60.6. The molecule has 46 heteroatoms. The molecule has 1 aliphatic heterocycles. The molecule has 12 N–H and O–H groups in total. The highest BCUT2D eigenvalue weighted by Gasteiger charge is 2.20. The van der Waals surface area contributed by atoms with Crippen LogP contribution in [0.4, 0.5) is 87.7 Å². The number of halogens is 10. The van der Waals surface area contributed by atoms with Gasteiger partial charge in [0.25, 0.3) is 0 Å². The van der Waals surface area contributed by atoms with E-state index < -0.39 is 0 Å². The fourth-order valence-corrected chi connectivity index (χ4v) is 17.6. The zero-order chi connectivity index (χ0) is 105. The van der Waals surface area contributed by atoms with Gasteiger partial charge in [-0.1, -0.05) is 100 Å². The molecule has 19 rings (SSSR count). The Morgan fingerprint density at radius 2 is 0.540 bits per heavy atom. The Kier molecular flexibility index (Phi) is 41.5. The van der Waals surface area contributed by atoms with Gasteiger partial charge in [-0.2, -0.15) is 69.8 Å². The maximum Gasteiger partial charge on any atom is 0.231 e. The first-order chi connectivity index (χ1) is 73.1. The Labute approximate surface area is 917 Å². The maximum absolute atomic E-state index is 6.13. The van der Waals surface area contributed by atoms with Crippen molar-refractivity contribution in [3.05, 3.63) is 282 Å². The number of fused-ring (bicyclic) bond motifs is 6. The van der Waals surface area contributed by atoms with E-state index in [-0.39, 0.29) is 26.4 Å². The molecule has 1 aliphatic rings. The van der Waals surface area contributed by atoms with Crippen molar-refractivity contribution >= 4 is 269 Å². The third-order valence-corrected chi connectivity index (χ3v) is 25.3. The second-order valence-corrected chi connectivity index (χ2v) is 37.5. The molecular formula is C104H110Cl10N36. The average molecular weight is 2220 g/mol. The minimum Gasteiger partial charge on any atom is -0.384 e. The number of benzene rings is 7. The number of rotatable bonds is 41. The van der Waals surface area contributed by atoms with Crippen molar-refractivity contribution in [1.29, 1.82) is 0 Å². The van der Waals surface area contributed by atoms with Gasteiger partial charge in [-0.3, -0.25) is 29.9 Å². The number of hydrogen-bond donors (Lipinski definition) is 12. The van der Waals surface area contributed by atoms with Crippen molar-refractivity contribution in [3.63, 3.8) is 0 Å². The first-order valence-electron chi connectivity index (χ1n) is 48.9. The monoisotopic (exact) mass is 2210 g/mol. The largest absolute Gasteiger partial charge is 0.384 e. The quantitative estimate of drug-likeness (QED) is 0.0158. The van der Waals surface area contributed by atoms with Gasteiger partial charge in [-0.05, 0) is 269 Å². The lowest BCUT2D eigenvalue weighted by Crippen LogP contribution is -2.31. The van der Waals surface area contributed by atoms with Crippen LogP contribution in [0.25, 0.3) is 65.4 Å². The lowest BCUT2D eigenvalue weighted by atomic mass is 10.1. The lowest BCUT2D eigenvalue weighted by Gasteiger charge is -2.26. The van der Waals surface area contributed by atoms with Crippen LogP contribution >= 0.6 is 116 Å². The highest BCUT2D eigenvalue weighted by atomic mass is 35.5. The number of piperidine rings is 1. The summed E-state index contributed by atoms with van der Waals surface area (Å²) in [7, 11) is 0. The molecule has 0 amide bonds. The molecule has 0 spiro atoms. The molecular weight excluding hydrogens is 2110 g/mol. The number of hydrogen-bond acceptors (Lipinski definition) is 36. The molecule has 0 aliphatic carbocycles. The average Bonchev–Trinajstić information content (AvgIpc) is 0.827. The molecule has 36 nitrogen and oxygen atoms in total. The predicted octanol–water partition coefficient (Wildman–Crippen LogP) is 23.7. The molecule has 11 aromatic heterocycles. The molecule has 150 heavy (non-hydrogen) atoms. The molecule has 1 fully saturated rings. The number of aromatic nitrogens is 21. The number of anilines is 15. The summed E-state index contributed by atoms with van der Waals surface area (Å²) in [6, 6.07) is 56.4. The molecule has 0 saturated carbocycles. The molecule has 18 aromatic rings.